The molecule has 25 heavy (non-hydrogen) atoms. The van der Waals surface area contributed by atoms with E-state index in [2.05, 4.69) is 32.4 Å². The summed E-state index contributed by atoms with van der Waals surface area (Å²) in [7, 11) is 0. The van der Waals surface area contributed by atoms with Crippen LogP contribution in [0.1, 0.15) is 41.4 Å². The lowest BCUT2D eigenvalue weighted by atomic mass is 9.98. The number of nitrogens with zero attached hydrogens (tertiary/aromatic N) is 1. The molecule has 126 valence electrons. The summed E-state index contributed by atoms with van der Waals surface area (Å²) in [6.45, 7) is 1.75. The van der Waals surface area contributed by atoms with Crippen LogP contribution in [0, 0.1) is 24.7 Å². The molecule has 1 fully saturated rings. The maximum Gasteiger partial charge on any atom is 0.320 e. The van der Waals surface area contributed by atoms with E-state index in [4.69, 9.17) is 0 Å². The number of fused-ring (bicyclic) bond motifs is 1. The minimum Gasteiger partial charge on any atom is -0.320 e. The largest absolute Gasteiger partial charge is 0.320 e. The first-order valence-corrected chi connectivity index (χ1v) is 8.35. The van der Waals surface area contributed by atoms with E-state index in [0.29, 0.717) is 23.7 Å². The fourth-order valence-electron chi connectivity index (χ4n) is 2.84. The van der Waals surface area contributed by atoms with Crippen molar-refractivity contribution < 1.29 is 4.79 Å². The predicted octanol–water partition coefficient (Wildman–Crippen LogP) is 2.26. The second-order valence-electron chi connectivity index (χ2n) is 6.52. The Morgan fingerprint density at radius 3 is 2.84 bits per heavy atom. The second kappa shape index (κ2) is 6.10. The van der Waals surface area contributed by atoms with Crippen molar-refractivity contribution in [3.63, 3.8) is 0 Å². The molecule has 3 N–H and O–H groups in total. The van der Waals surface area contributed by atoms with Crippen LogP contribution in [0.2, 0.25) is 0 Å². The molecule has 6 nitrogen and oxygen atoms in total. The number of carbonyl (C=O) groups excluding carboxylic acids is 1. The molecule has 2 heterocycles. The van der Waals surface area contributed by atoms with E-state index in [1.165, 1.54) is 0 Å². The van der Waals surface area contributed by atoms with Gasteiger partial charge in [-0.15, -0.1) is 0 Å². The van der Waals surface area contributed by atoms with Crippen LogP contribution in [-0.2, 0) is 6.42 Å². The van der Waals surface area contributed by atoms with Gasteiger partial charge in [-0.1, -0.05) is 24.0 Å². The lowest BCUT2D eigenvalue weighted by Gasteiger charge is -2.24. The van der Waals surface area contributed by atoms with E-state index in [9.17, 15) is 9.59 Å². The third-order valence-corrected chi connectivity index (χ3v) is 4.36. The van der Waals surface area contributed by atoms with Crippen LogP contribution >= 0.6 is 0 Å². The molecule has 1 atom stereocenters. The molecule has 1 saturated carbocycles. The summed E-state index contributed by atoms with van der Waals surface area (Å²) < 4.78 is 0. The molecule has 1 aliphatic heterocycles. The number of aromatic nitrogens is 2. The minimum absolute atomic E-state index is 0.135. The summed E-state index contributed by atoms with van der Waals surface area (Å²) in [5.41, 5.74) is 3.09. The lowest BCUT2D eigenvalue weighted by molar-refractivity contribution is 0.249. The first kappa shape index (κ1) is 15.5. The van der Waals surface area contributed by atoms with Gasteiger partial charge in [-0.05, 0) is 31.4 Å². The highest BCUT2D eigenvalue weighted by Gasteiger charge is 2.24. The van der Waals surface area contributed by atoms with Crippen molar-refractivity contribution in [2.24, 2.45) is 5.92 Å². The fourth-order valence-corrected chi connectivity index (χ4v) is 2.84. The lowest BCUT2D eigenvalue weighted by Crippen LogP contribution is -2.37. The van der Waals surface area contributed by atoms with Crippen molar-refractivity contribution in [2.75, 3.05) is 5.32 Å². The molecule has 6 heteroatoms. The number of urea groups is 1. The predicted molar refractivity (Wildman–Crippen MR) is 94.2 cm³/mol. The Morgan fingerprint density at radius 2 is 2.08 bits per heavy atom. The Balaban J connectivity index is 1.62. The van der Waals surface area contributed by atoms with Gasteiger partial charge in [0.2, 0.25) is 0 Å². The van der Waals surface area contributed by atoms with E-state index in [0.717, 1.165) is 29.7 Å². The summed E-state index contributed by atoms with van der Waals surface area (Å²) in [6.07, 6.45) is 4.35. The van der Waals surface area contributed by atoms with Gasteiger partial charge < -0.3 is 15.6 Å². The molecule has 1 aromatic carbocycles. The maximum atomic E-state index is 12.0. The number of anilines is 1. The smallest absolute Gasteiger partial charge is 0.320 e. The number of carbonyl (C=O) groups is 1. The third-order valence-electron chi connectivity index (χ3n) is 4.36. The molecule has 0 radical (unpaired) electrons. The molecule has 4 rings (SSSR count). The van der Waals surface area contributed by atoms with Crippen LogP contribution in [-0.4, -0.2) is 16.0 Å². The zero-order valence-corrected chi connectivity index (χ0v) is 13.8. The fraction of sp³-hybridized carbons (Fsp3) is 0.316. The van der Waals surface area contributed by atoms with E-state index < -0.39 is 0 Å². The van der Waals surface area contributed by atoms with Crippen molar-refractivity contribution in [3.8, 4) is 11.8 Å². The summed E-state index contributed by atoms with van der Waals surface area (Å²) >= 11 is 0. The Kier molecular flexibility index (Phi) is 3.77. The van der Waals surface area contributed by atoms with E-state index >= 15 is 0 Å². The number of aromatic amines is 1. The molecule has 0 bridgehead atoms. The molecule has 0 spiro atoms. The zero-order valence-electron chi connectivity index (χ0n) is 13.8. The van der Waals surface area contributed by atoms with Crippen molar-refractivity contribution >= 4 is 11.7 Å². The van der Waals surface area contributed by atoms with Crippen LogP contribution in [0.5, 0.6) is 0 Å². The zero-order chi connectivity index (χ0) is 17.4. The number of hydrogen-bond acceptors (Lipinski definition) is 3. The van der Waals surface area contributed by atoms with Gasteiger partial charge in [0.15, 0.2) is 0 Å². The highest BCUT2D eigenvalue weighted by Crippen LogP contribution is 2.30. The van der Waals surface area contributed by atoms with Gasteiger partial charge in [-0.2, -0.15) is 0 Å². The molecule has 2 amide bonds. The van der Waals surface area contributed by atoms with Gasteiger partial charge in [0.25, 0.3) is 5.56 Å². The van der Waals surface area contributed by atoms with Gasteiger partial charge in [-0.3, -0.25) is 4.79 Å². The van der Waals surface area contributed by atoms with Crippen molar-refractivity contribution in [1.29, 1.82) is 0 Å². The van der Waals surface area contributed by atoms with E-state index in [1.807, 2.05) is 18.2 Å². The molecule has 0 saturated heterocycles. The van der Waals surface area contributed by atoms with Crippen LogP contribution in [0.3, 0.4) is 0 Å². The van der Waals surface area contributed by atoms with Crippen LogP contribution in [0.25, 0.3) is 0 Å². The monoisotopic (exact) mass is 334 g/mol. The Hall–Kier alpha value is -3.07. The standard InChI is InChI=1S/C19H18N4O2/c1-11-20-10-14(18(24)21-11)8-13-4-6-15-16(7-5-12-2-3-12)22-19(25)23-17(15)9-13/h4,6,9-10,12,16H,2-3,8H2,1H3,(H,20,21,24)(H2,22,23,25)/t16-/m0/s1. The first-order valence-electron chi connectivity index (χ1n) is 8.35. The van der Waals surface area contributed by atoms with Crippen LogP contribution in [0.15, 0.2) is 29.2 Å². The Morgan fingerprint density at radius 1 is 1.24 bits per heavy atom. The molecule has 2 aliphatic rings. The molecule has 2 aromatic rings. The first-order chi connectivity index (χ1) is 12.1. The van der Waals surface area contributed by atoms with E-state index in [-0.39, 0.29) is 17.6 Å². The average Bonchev–Trinajstić information content (AvgIpc) is 3.39. The van der Waals surface area contributed by atoms with Gasteiger partial charge in [0.05, 0.1) is 0 Å². The van der Waals surface area contributed by atoms with Crippen molar-refractivity contribution in [2.45, 2.75) is 32.2 Å². The van der Waals surface area contributed by atoms with E-state index in [1.54, 1.807) is 13.1 Å². The molecule has 1 aliphatic carbocycles. The Labute approximate surface area is 145 Å². The topological polar surface area (TPSA) is 86.9 Å². The number of hydrogen-bond donors (Lipinski definition) is 3. The summed E-state index contributed by atoms with van der Waals surface area (Å²) in [5.74, 6) is 7.45. The summed E-state index contributed by atoms with van der Waals surface area (Å²) in [5, 5.41) is 5.68. The quantitative estimate of drug-likeness (QED) is 0.736. The number of rotatable bonds is 2. The van der Waals surface area contributed by atoms with Crippen LogP contribution in [0.4, 0.5) is 10.5 Å². The summed E-state index contributed by atoms with van der Waals surface area (Å²) in [6, 6.07) is 5.28. The molecular weight excluding hydrogens is 316 g/mol. The normalized spacial score (nSPS) is 18.4. The number of benzene rings is 1. The molecule has 0 unspecified atom stereocenters. The second-order valence-corrected chi connectivity index (χ2v) is 6.52. The van der Waals surface area contributed by atoms with Gasteiger partial charge in [0, 0.05) is 35.3 Å². The van der Waals surface area contributed by atoms with Gasteiger partial charge in [0.1, 0.15) is 11.9 Å². The highest BCUT2D eigenvalue weighted by atomic mass is 16.2. The van der Waals surface area contributed by atoms with Gasteiger partial charge >= 0.3 is 6.03 Å². The number of H-pyrrole nitrogens is 1. The minimum atomic E-state index is -0.289. The SMILES string of the molecule is Cc1ncc(Cc2ccc3c(c2)NC(=O)N[C@H]3C#CC2CC2)c(=O)[nH]1. The average molecular weight is 334 g/mol. The molecular formula is C19H18N4O2. The summed E-state index contributed by atoms with van der Waals surface area (Å²) in [4.78, 5) is 30.7. The Bertz CT molecular complexity index is 963. The third kappa shape index (κ3) is 3.41. The maximum absolute atomic E-state index is 12.0. The highest BCUT2D eigenvalue weighted by molar-refractivity contribution is 5.93. The number of amides is 2. The van der Waals surface area contributed by atoms with Crippen molar-refractivity contribution in [3.05, 3.63) is 57.3 Å². The van der Waals surface area contributed by atoms with Crippen LogP contribution < -0.4 is 16.2 Å². The number of nitrogens with one attached hydrogen (secondary N) is 3. The molecule has 1 aromatic heterocycles. The number of aryl methyl sites for hydroxylation is 1. The van der Waals surface area contributed by atoms with Gasteiger partial charge in [-0.25, -0.2) is 9.78 Å². The van der Waals surface area contributed by atoms with Crippen molar-refractivity contribution in [1.82, 2.24) is 15.3 Å².